The van der Waals surface area contributed by atoms with Crippen LogP contribution >= 0.6 is 54.4 Å². The first-order chi connectivity index (χ1) is 37.2. The van der Waals surface area contributed by atoms with E-state index in [1.165, 1.54) is 22.3 Å². The molecule has 438 valence electrons. The summed E-state index contributed by atoms with van der Waals surface area (Å²) >= 11 is 12.3. The minimum Gasteiger partial charge on any atom is -0.379 e. The summed E-state index contributed by atoms with van der Waals surface area (Å²) in [5, 5.41) is 25.5. The average molecular weight is 1190 g/mol. The molecule has 74 heavy (non-hydrogen) atoms. The Kier molecular flexibility index (Phi) is 70.5. The third-order valence-electron chi connectivity index (χ3n) is 8.88. The van der Waals surface area contributed by atoms with E-state index in [9.17, 15) is 19.2 Å². The van der Waals surface area contributed by atoms with Crippen molar-refractivity contribution in [1.82, 2.24) is 47.5 Å². The highest BCUT2D eigenvalue weighted by Gasteiger charge is 2.05. The number of hydrogen-bond donors (Lipinski definition) is 12. The second-order valence-corrected chi connectivity index (χ2v) is 21.5. The molecule has 1 heterocycles. The van der Waals surface area contributed by atoms with E-state index in [-0.39, 0.29) is 25.1 Å². The quantitative estimate of drug-likeness (QED) is 0.0193. The Morgan fingerprint density at radius 1 is 0.608 bits per heavy atom. The summed E-state index contributed by atoms with van der Waals surface area (Å²) in [6.45, 7) is 18.9. The van der Waals surface area contributed by atoms with Gasteiger partial charge in [-0.2, -0.15) is 25.3 Å². The first kappa shape index (κ1) is 74.8. The van der Waals surface area contributed by atoms with Crippen LogP contribution in [0.15, 0.2) is 29.4 Å². The number of unbranched alkanes of at least 4 members (excludes halogenated alkanes) is 4. The number of hydrogen-bond acceptors (Lipinski definition) is 21. The summed E-state index contributed by atoms with van der Waals surface area (Å²) in [6, 6.07) is 5.77. The summed E-state index contributed by atoms with van der Waals surface area (Å²) < 4.78 is 36.4. The third-order valence-corrected chi connectivity index (χ3v) is 12.8. The van der Waals surface area contributed by atoms with Crippen molar-refractivity contribution in [3.63, 3.8) is 0 Å². The zero-order valence-corrected chi connectivity index (χ0v) is 50.5. The average Bonchev–Trinajstić information content (AvgIpc) is 3.42. The smallest absolute Gasteiger partial charge is 0.222 e. The Hall–Kier alpha value is -1.27. The Labute approximate surface area is 477 Å². The van der Waals surface area contributed by atoms with Crippen molar-refractivity contribution in [2.75, 3.05) is 168 Å². The summed E-state index contributed by atoms with van der Waals surface area (Å²) in [6.07, 6.45) is 10.3. The van der Waals surface area contributed by atoms with E-state index in [4.69, 9.17) is 37.9 Å². The second kappa shape index (κ2) is 69.7. The first-order valence-corrected chi connectivity index (χ1v) is 32.6. The lowest BCUT2D eigenvalue weighted by atomic mass is 10.2. The number of rotatable bonds is 49. The molecule has 0 aliphatic heterocycles. The first-order valence-electron chi connectivity index (χ1n) is 26.9. The summed E-state index contributed by atoms with van der Waals surface area (Å²) in [7, 11) is 5.28. The van der Waals surface area contributed by atoms with Crippen molar-refractivity contribution in [3.8, 4) is 0 Å². The number of nitrogens with zero attached hydrogens (tertiary/aromatic N) is 1. The molecule has 0 bridgehead atoms. The van der Waals surface area contributed by atoms with Crippen LogP contribution in [0.4, 0.5) is 0 Å². The van der Waals surface area contributed by atoms with Gasteiger partial charge >= 0.3 is 0 Å². The van der Waals surface area contributed by atoms with Gasteiger partial charge in [-0.25, -0.2) is 4.98 Å². The lowest BCUT2D eigenvalue weighted by Crippen LogP contribution is -2.32. The molecular formula is C47H100N11O9PS6. The molecular weight excluding hydrogens is 1090 g/mol. The lowest BCUT2D eigenvalue weighted by Gasteiger charge is -2.08. The molecule has 0 radical (unpaired) electrons. The predicted molar refractivity (Wildman–Crippen MR) is 325 cm³/mol. The minimum absolute atomic E-state index is 0. The van der Waals surface area contributed by atoms with Gasteiger partial charge in [-0.15, -0.1) is 0 Å². The van der Waals surface area contributed by atoms with Crippen LogP contribution in [-0.4, -0.2) is 197 Å². The molecule has 0 atom stereocenters. The van der Waals surface area contributed by atoms with Crippen LogP contribution < -0.4 is 54.0 Å². The molecule has 0 aliphatic rings. The Bertz CT molecular complexity index is 1440. The summed E-state index contributed by atoms with van der Waals surface area (Å²) in [5.41, 5.74) is 10.8. The van der Waals surface area contributed by atoms with E-state index in [0.717, 1.165) is 109 Å². The van der Waals surface area contributed by atoms with Crippen LogP contribution in [0.1, 0.15) is 82.5 Å². The van der Waals surface area contributed by atoms with Gasteiger partial charge in [0.15, 0.2) is 0 Å². The number of thiol groups is 2. The SMILES string of the molecule is CCOP=S=S.CCS.NCCNCCCCCNCCNC(=O)CCOCCOCCNC(=O)CCS.NCCNCCCCCNCCNC(=O)CCOCCOCCNC(=O)CCSSc1ccccn1.[2H][3H].[3HH]. The van der Waals surface area contributed by atoms with E-state index in [1.54, 1.807) is 27.8 Å². The second-order valence-electron chi connectivity index (χ2n) is 15.2. The van der Waals surface area contributed by atoms with Gasteiger partial charge in [0.05, 0.1) is 59.5 Å². The van der Waals surface area contributed by atoms with E-state index < -0.39 is 0 Å². The maximum absolute atomic E-state index is 11.8. The van der Waals surface area contributed by atoms with Gasteiger partial charge in [0.25, 0.3) is 0 Å². The molecule has 20 nitrogen and oxygen atoms in total. The molecule has 0 spiro atoms. The van der Waals surface area contributed by atoms with Crippen LogP contribution in [0, 0.1) is 0 Å². The van der Waals surface area contributed by atoms with Crippen LogP contribution in [0.25, 0.3) is 0 Å². The number of pyridine rings is 1. The Balaban J connectivity index is -0.000000377. The Morgan fingerprint density at radius 3 is 1.45 bits per heavy atom. The highest BCUT2D eigenvalue weighted by atomic mass is 33.1. The van der Waals surface area contributed by atoms with Crippen molar-refractivity contribution >= 4 is 98.7 Å². The summed E-state index contributed by atoms with van der Waals surface area (Å²) in [4.78, 5) is 50.7. The van der Waals surface area contributed by atoms with Gasteiger partial charge in [0.2, 0.25) is 23.6 Å². The zero-order valence-electron chi connectivity index (χ0n) is 46.5. The number of ether oxygens (including phenoxy) is 4. The van der Waals surface area contributed by atoms with Crippen LogP contribution in [0.3, 0.4) is 0 Å². The maximum Gasteiger partial charge on any atom is 0.222 e. The van der Waals surface area contributed by atoms with Gasteiger partial charge < -0.3 is 77.5 Å². The molecule has 27 heteroatoms. The fourth-order valence-electron chi connectivity index (χ4n) is 5.30. The highest BCUT2D eigenvalue weighted by molar-refractivity contribution is 8.76. The fraction of sp³-hybridized carbons (Fsp3) is 0.809. The van der Waals surface area contributed by atoms with Crippen molar-refractivity contribution in [2.24, 2.45) is 11.5 Å². The molecule has 0 saturated carbocycles. The number of carbonyl (C=O) groups excluding carboxylic acids is 4. The van der Waals surface area contributed by atoms with Crippen molar-refractivity contribution < 1.29 is 47.0 Å². The molecule has 0 saturated heterocycles. The van der Waals surface area contributed by atoms with Gasteiger partial charge in [-0.05, 0) is 114 Å². The standard InChI is InChI=1S/C24H44N6O4S2.C19H41N5O4S.C2H5OPS2.C2H6S.2H2/c25-9-13-26-10-3-1-4-11-27-14-15-28-22(31)7-17-33-19-20-34-18-16-29-23(32)8-21-35-36-24-6-2-5-12-30-24;20-6-9-21-7-2-1-3-8-22-10-11-23-18(25)4-13-27-15-16-28-14-12-24-19(26)5-17-29;1-2-3-4-6-5;1-2-3;;/h2,5-6,12,26-27H,1,3-4,7-11,13-21,25H2,(H,28,31)(H,29,32);21-22,29H,1-17,20H2,(H,23,25)(H,24,26);2H2,1H3;3H,2H2,1H3;2*1H/i;;;;1+2D;1+2. The Morgan fingerprint density at radius 2 is 1.04 bits per heavy atom. The van der Waals surface area contributed by atoms with E-state index >= 15 is 0 Å². The normalized spacial score (nSPS) is 10.6. The van der Waals surface area contributed by atoms with Gasteiger partial charge in [-0.1, -0.05) is 36.6 Å². The highest BCUT2D eigenvalue weighted by Crippen LogP contribution is 2.29. The van der Waals surface area contributed by atoms with Crippen molar-refractivity contribution in [1.29, 1.82) is 0 Å². The topological polar surface area (TPSA) is 276 Å². The van der Waals surface area contributed by atoms with E-state index in [2.05, 4.69) is 84.0 Å². The molecule has 1 aromatic heterocycles. The van der Waals surface area contributed by atoms with Gasteiger partial charge in [0, 0.05) is 107 Å². The molecule has 4 amide bonds. The maximum atomic E-state index is 11.8. The van der Waals surface area contributed by atoms with Crippen LogP contribution in [0.2, 0.25) is 0 Å². The van der Waals surface area contributed by atoms with Crippen molar-refractivity contribution in [2.45, 2.75) is 83.1 Å². The number of nitrogens with two attached hydrogens (primary N) is 2. The lowest BCUT2D eigenvalue weighted by molar-refractivity contribution is -0.123. The minimum atomic E-state index is -0.0207. The largest absolute Gasteiger partial charge is 0.379 e. The number of carbonyl (C=O) groups is 4. The molecule has 0 aromatic carbocycles. The van der Waals surface area contributed by atoms with E-state index in [1.807, 2.05) is 32.0 Å². The molecule has 0 unspecified atom stereocenters. The summed E-state index contributed by atoms with van der Waals surface area (Å²) in [5.74, 6) is 2.18. The molecule has 1 rings (SSSR count). The zero-order chi connectivity index (χ0) is 56.9. The van der Waals surface area contributed by atoms with Crippen LogP contribution in [0.5, 0.6) is 0 Å². The number of nitrogens with one attached hydrogen (secondary N) is 8. The third kappa shape index (κ3) is 70.7. The van der Waals surface area contributed by atoms with Crippen LogP contribution in [-0.2, 0) is 63.3 Å². The predicted octanol–water partition coefficient (Wildman–Crippen LogP) is 3.22. The molecule has 12 N–H and O–H groups in total. The fourth-order valence-corrected chi connectivity index (χ4v) is 8.35. The van der Waals surface area contributed by atoms with Gasteiger partial charge in [0.1, 0.15) is 12.6 Å². The van der Waals surface area contributed by atoms with E-state index in [0.29, 0.717) is 124 Å². The molecule has 0 aliphatic carbocycles. The number of amides is 4. The van der Waals surface area contributed by atoms with Gasteiger partial charge in [-0.3, -0.25) is 19.2 Å². The molecule has 0 fully saturated rings. The number of aromatic nitrogens is 1. The van der Waals surface area contributed by atoms with Crippen molar-refractivity contribution in [3.05, 3.63) is 24.4 Å². The monoisotopic (exact) mass is 1190 g/mol. The molecule has 1 aromatic rings.